The maximum Gasteiger partial charge on any atom is 0.251 e. The number of nitrogens with one attached hydrogen (secondary N) is 2. The van der Waals surface area contributed by atoms with E-state index in [4.69, 9.17) is 11.6 Å². The summed E-state index contributed by atoms with van der Waals surface area (Å²) in [5, 5.41) is 6.01. The normalized spacial score (nSPS) is 15.9. The molecule has 2 aromatic carbocycles. The molecule has 172 valence electrons. The van der Waals surface area contributed by atoms with Crippen molar-refractivity contribution in [2.75, 3.05) is 18.4 Å². The van der Waals surface area contributed by atoms with Crippen molar-refractivity contribution in [2.45, 2.75) is 44.0 Å². The van der Waals surface area contributed by atoms with Crippen LogP contribution in [0.4, 0.5) is 5.69 Å². The highest BCUT2D eigenvalue weighted by atomic mass is 35.5. The van der Waals surface area contributed by atoms with Crippen LogP contribution in [0.3, 0.4) is 0 Å². The van der Waals surface area contributed by atoms with Crippen LogP contribution in [-0.4, -0.2) is 43.7 Å². The zero-order valence-corrected chi connectivity index (χ0v) is 19.7. The van der Waals surface area contributed by atoms with E-state index in [1.165, 1.54) is 16.4 Å². The molecule has 3 rings (SSSR count). The predicted octanol–water partition coefficient (Wildman–Crippen LogP) is 3.91. The lowest BCUT2D eigenvalue weighted by Gasteiger charge is -2.26. The minimum absolute atomic E-state index is 0.142. The molecule has 1 unspecified atom stereocenters. The van der Waals surface area contributed by atoms with Crippen LogP contribution in [0.15, 0.2) is 53.4 Å². The summed E-state index contributed by atoms with van der Waals surface area (Å²) in [6.45, 7) is 4.66. The molecule has 0 radical (unpaired) electrons. The third-order valence-electron chi connectivity index (χ3n) is 5.40. The fraction of sp³-hybridized carbons (Fsp3) is 0.391. The van der Waals surface area contributed by atoms with Crippen molar-refractivity contribution in [2.24, 2.45) is 5.92 Å². The van der Waals surface area contributed by atoms with E-state index in [0.29, 0.717) is 29.4 Å². The van der Waals surface area contributed by atoms with Crippen LogP contribution in [0.25, 0.3) is 0 Å². The van der Waals surface area contributed by atoms with Gasteiger partial charge in [-0.3, -0.25) is 9.59 Å². The van der Waals surface area contributed by atoms with E-state index in [0.717, 1.165) is 19.3 Å². The highest BCUT2D eigenvalue weighted by Gasteiger charge is 2.28. The summed E-state index contributed by atoms with van der Waals surface area (Å²) in [6.07, 6.45) is 2.72. The van der Waals surface area contributed by atoms with Crippen LogP contribution in [0.2, 0.25) is 5.02 Å². The van der Waals surface area contributed by atoms with Gasteiger partial charge in [-0.25, -0.2) is 8.42 Å². The average Bonchev–Trinajstić information content (AvgIpc) is 2.78. The molecule has 0 aliphatic carbocycles. The van der Waals surface area contributed by atoms with Crippen molar-refractivity contribution in [3.63, 3.8) is 0 Å². The smallest absolute Gasteiger partial charge is 0.251 e. The minimum Gasteiger partial charge on any atom is -0.340 e. The Bertz CT molecular complexity index is 1060. The molecule has 0 aromatic heterocycles. The summed E-state index contributed by atoms with van der Waals surface area (Å²) < 4.78 is 27.4. The van der Waals surface area contributed by atoms with Gasteiger partial charge in [0.15, 0.2) is 0 Å². The first-order valence-electron chi connectivity index (χ1n) is 10.7. The molecule has 0 spiro atoms. The van der Waals surface area contributed by atoms with Gasteiger partial charge in [-0.15, -0.1) is 0 Å². The number of rotatable bonds is 7. The Balaban J connectivity index is 1.73. The van der Waals surface area contributed by atoms with Crippen LogP contribution in [0.5, 0.6) is 0 Å². The van der Waals surface area contributed by atoms with Gasteiger partial charge in [0.1, 0.15) is 6.04 Å². The fourth-order valence-electron chi connectivity index (χ4n) is 3.57. The number of halogens is 1. The number of nitrogens with zero attached hydrogens (tertiary/aromatic N) is 1. The van der Waals surface area contributed by atoms with Crippen LogP contribution >= 0.6 is 11.6 Å². The third-order valence-corrected chi connectivity index (χ3v) is 7.54. The van der Waals surface area contributed by atoms with E-state index in [1.807, 2.05) is 13.8 Å². The number of amides is 2. The van der Waals surface area contributed by atoms with Crippen LogP contribution in [-0.2, 0) is 14.8 Å². The maximum atomic E-state index is 12.9. The zero-order chi connectivity index (χ0) is 23.3. The van der Waals surface area contributed by atoms with Crippen molar-refractivity contribution >= 4 is 39.1 Å². The second-order valence-electron chi connectivity index (χ2n) is 8.18. The number of carbonyl (C=O) groups is 2. The lowest BCUT2D eigenvalue weighted by atomic mass is 10.0. The number of piperidine rings is 1. The van der Waals surface area contributed by atoms with Gasteiger partial charge in [0.2, 0.25) is 15.9 Å². The van der Waals surface area contributed by atoms with E-state index in [1.54, 1.807) is 36.4 Å². The van der Waals surface area contributed by atoms with Gasteiger partial charge >= 0.3 is 0 Å². The van der Waals surface area contributed by atoms with Gasteiger partial charge in [0.25, 0.3) is 5.91 Å². The topological polar surface area (TPSA) is 95.6 Å². The summed E-state index contributed by atoms with van der Waals surface area (Å²) in [5.74, 6) is -1.00. The first kappa shape index (κ1) is 24.2. The summed E-state index contributed by atoms with van der Waals surface area (Å²) in [5.41, 5.74) is 0.752. The minimum atomic E-state index is -3.61. The molecule has 2 N–H and O–H groups in total. The molecule has 1 aliphatic heterocycles. The number of anilines is 1. The molecule has 1 fully saturated rings. The second kappa shape index (κ2) is 10.5. The zero-order valence-electron chi connectivity index (χ0n) is 18.2. The fourth-order valence-corrected chi connectivity index (χ4v) is 5.26. The van der Waals surface area contributed by atoms with E-state index in [-0.39, 0.29) is 10.8 Å². The van der Waals surface area contributed by atoms with Crippen LogP contribution in [0, 0.1) is 5.92 Å². The predicted molar refractivity (Wildman–Crippen MR) is 125 cm³/mol. The van der Waals surface area contributed by atoms with E-state index >= 15 is 0 Å². The number of hydrogen-bond donors (Lipinski definition) is 2. The number of hydrogen-bond acceptors (Lipinski definition) is 4. The quantitative estimate of drug-likeness (QED) is 0.632. The molecule has 9 heteroatoms. The molecule has 0 saturated carbocycles. The third kappa shape index (κ3) is 5.88. The van der Waals surface area contributed by atoms with Gasteiger partial charge < -0.3 is 10.6 Å². The maximum absolute atomic E-state index is 12.9. The van der Waals surface area contributed by atoms with E-state index in [9.17, 15) is 18.0 Å². The van der Waals surface area contributed by atoms with Gasteiger partial charge in [-0.2, -0.15) is 4.31 Å². The average molecular weight is 478 g/mol. The number of benzene rings is 2. The van der Waals surface area contributed by atoms with Gasteiger partial charge in [-0.05, 0) is 61.2 Å². The van der Waals surface area contributed by atoms with Gasteiger partial charge in [0, 0.05) is 29.4 Å². The molecule has 1 saturated heterocycles. The number of carbonyl (C=O) groups excluding carboxylic acids is 2. The first-order chi connectivity index (χ1) is 15.2. The molecular formula is C23H28ClN3O4S. The van der Waals surface area contributed by atoms with Crippen LogP contribution < -0.4 is 10.6 Å². The lowest BCUT2D eigenvalue weighted by molar-refractivity contribution is -0.118. The molecule has 2 amide bonds. The van der Waals surface area contributed by atoms with E-state index in [2.05, 4.69) is 10.6 Å². The summed E-state index contributed by atoms with van der Waals surface area (Å²) in [4.78, 5) is 25.6. The Morgan fingerprint density at radius 1 is 1.00 bits per heavy atom. The lowest BCUT2D eigenvalue weighted by Crippen LogP contribution is -2.47. The largest absolute Gasteiger partial charge is 0.340 e. The number of sulfonamides is 1. The molecular weight excluding hydrogens is 450 g/mol. The standard InChI is InChI=1S/C23H28ClN3O4S/c1-16(2)21(26-22(28)17-9-11-18(24)12-10-17)23(29)25-19-7-6-8-20(15-19)32(30,31)27-13-4-3-5-14-27/h6-12,15-16,21H,3-5,13-14H2,1-2H3,(H,25,29)(H,26,28). The SMILES string of the molecule is CC(C)C(NC(=O)c1ccc(Cl)cc1)C(=O)Nc1cccc(S(=O)(=O)N2CCCCC2)c1. The molecule has 1 heterocycles. The molecule has 1 atom stereocenters. The van der Waals surface area contributed by atoms with Gasteiger partial charge in [-0.1, -0.05) is 37.9 Å². The van der Waals surface area contributed by atoms with E-state index < -0.39 is 27.9 Å². The molecule has 1 aliphatic rings. The van der Waals surface area contributed by atoms with Crippen molar-refractivity contribution in [1.29, 1.82) is 0 Å². The Labute approximate surface area is 194 Å². The Hall–Kier alpha value is -2.42. The first-order valence-corrected chi connectivity index (χ1v) is 12.5. The highest BCUT2D eigenvalue weighted by molar-refractivity contribution is 7.89. The van der Waals surface area contributed by atoms with Crippen molar-refractivity contribution in [1.82, 2.24) is 9.62 Å². The monoisotopic (exact) mass is 477 g/mol. The molecule has 7 nitrogen and oxygen atoms in total. The second-order valence-corrected chi connectivity index (χ2v) is 10.6. The Morgan fingerprint density at radius 2 is 1.66 bits per heavy atom. The Morgan fingerprint density at radius 3 is 2.28 bits per heavy atom. The van der Waals surface area contributed by atoms with Crippen molar-refractivity contribution < 1.29 is 18.0 Å². The highest BCUT2D eigenvalue weighted by Crippen LogP contribution is 2.23. The molecule has 32 heavy (non-hydrogen) atoms. The van der Waals surface area contributed by atoms with Gasteiger partial charge in [0.05, 0.1) is 4.90 Å². The summed E-state index contributed by atoms with van der Waals surface area (Å²) in [7, 11) is -3.61. The molecule has 0 bridgehead atoms. The Kier molecular flexibility index (Phi) is 7.92. The van der Waals surface area contributed by atoms with Crippen LogP contribution in [0.1, 0.15) is 43.5 Å². The molecule has 2 aromatic rings. The summed E-state index contributed by atoms with van der Waals surface area (Å²) >= 11 is 5.87. The van der Waals surface area contributed by atoms with Crippen molar-refractivity contribution in [3.05, 3.63) is 59.1 Å². The van der Waals surface area contributed by atoms with Crippen molar-refractivity contribution in [3.8, 4) is 0 Å². The summed E-state index contributed by atoms with van der Waals surface area (Å²) in [6, 6.07) is 11.8.